The Hall–Kier alpha value is -1.49. The van der Waals surface area contributed by atoms with Crippen molar-refractivity contribution in [3.63, 3.8) is 0 Å². The molecule has 1 unspecified atom stereocenters. The van der Waals surface area contributed by atoms with Crippen LogP contribution in [-0.4, -0.2) is 28.7 Å². The summed E-state index contributed by atoms with van der Waals surface area (Å²) in [5.41, 5.74) is -12.6. The van der Waals surface area contributed by atoms with Crippen LogP contribution >= 0.6 is 0 Å². The van der Waals surface area contributed by atoms with Gasteiger partial charge in [-0.05, 0) is 30.5 Å². The van der Waals surface area contributed by atoms with Crippen LogP contribution < -0.4 is 0 Å². The highest BCUT2D eigenvalue weighted by atomic mass is 19.4. The quantitative estimate of drug-likeness (QED) is 0.762. The molecule has 2 N–H and O–H groups in total. The lowest BCUT2D eigenvalue weighted by molar-refractivity contribution is -0.376. The maximum absolute atomic E-state index is 12.9. The first-order valence-electron chi connectivity index (χ1n) is 6.69. The van der Waals surface area contributed by atoms with Crippen LogP contribution in [0.4, 0.5) is 39.5 Å². The molecule has 0 aliphatic rings. The summed E-state index contributed by atoms with van der Waals surface area (Å²) in [6.07, 6.45) is -18.1. The van der Waals surface area contributed by atoms with Gasteiger partial charge in [0, 0.05) is 5.56 Å². The van der Waals surface area contributed by atoms with Crippen molar-refractivity contribution >= 4 is 0 Å². The normalized spacial score (nSPS) is 16.7. The van der Waals surface area contributed by atoms with E-state index < -0.39 is 40.9 Å². The van der Waals surface area contributed by atoms with Crippen LogP contribution in [0.5, 0.6) is 0 Å². The average molecular weight is 384 g/mol. The van der Waals surface area contributed by atoms with E-state index in [1.165, 1.54) is 6.92 Å². The van der Waals surface area contributed by atoms with Crippen LogP contribution in [0, 0.1) is 0 Å². The lowest BCUT2D eigenvalue weighted by Gasteiger charge is -2.34. The molecule has 1 aromatic rings. The predicted molar refractivity (Wildman–Crippen MR) is 67.5 cm³/mol. The minimum absolute atomic E-state index is 0.145. The first kappa shape index (κ1) is 21.6. The zero-order valence-corrected chi connectivity index (χ0v) is 12.7. The van der Waals surface area contributed by atoms with Crippen molar-refractivity contribution in [2.24, 2.45) is 0 Å². The highest BCUT2D eigenvalue weighted by molar-refractivity contribution is 5.39. The van der Waals surface area contributed by atoms with Gasteiger partial charge in [0.25, 0.3) is 5.60 Å². The van der Waals surface area contributed by atoms with Gasteiger partial charge < -0.3 is 10.2 Å². The van der Waals surface area contributed by atoms with Gasteiger partial charge in [0.1, 0.15) is 0 Å². The Bertz CT molecular complexity index is 613. The van der Waals surface area contributed by atoms with Crippen LogP contribution in [0.25, 0.3) is 0 Å². The predicted octanol–water partition coefficient (Wildman–Crippen LogP) is 4.33. The van der Waals surface area contributed by atoms with E-state index in [-0.39, 0.29) is 25.0 Å². The zero-order valence-electron chi connectivity index (χ0n) is 12.7. The molecule has 25 heavy (non-hydrogen) atoms. The van der Waals surface area contributed by atoms with Gasteiger partial charge in [-0.2, -0.15) is 39.5 Å². The molecule has 0 fully saturated rings. The van der Waals surface area contributed by atoms with Gasteiger partial charge in [-0.25, -0.2) is 0 Å². The fourth-order valence-corrected chi connectivity index (χ4v) is 2.04. The van der Waals surface area contributed by atoms with Gasteiger partial charge in [0.2, 0.25) is 0 Å². The first-order chi connectivity index (χ1) is 10.9. The van der Waals surface area contributed by atoms with Crippen molar-refractivity contribution in [2.75, 3.05) is 0 Å². The maximum Gasteiger partial charge on any atom is 0.430 e. The number of halogens is 9. The van der Waals surface area contributed by atoms with Gasteiger partial charge in [0.15, 0.2) is 5.60 Å². The lowest BCUT2D eigenvalue weighted by atomic mass is 9.85. The summed E-state index contributed by atoms with van der Waals surface area (Å²) in [5.74, 6) is 0. The van der Waals surface area contributed by atoms with Crippen LogP contribution in [0.1, 0.15) is 30.5 Å². The fraction of sp³-hybridized carbons (Fsp3) is 0.571. The maximum atomic E-state index is 12.9. The van der Waals surface area contributed by atoms with Crippen molar-refractivity contribution in [2.45, 2.75) is 50.0 Å². The molecule has 0 heterocycles. The van der Waals surface area contributed by atoms with Crippen molar-refractivity contribution < 1.29 is 49.7 Å². The molecular weight excluding hydrogens is 371 g/mol. The minimum atomic E-state index is -6.25. The van der Waals surface area contributed by atoms with Crippen molar-refractivity contribution in [3.8, 4) is 0 Å². The van der Waals surface area contributed by atoms with Crippen molar-refractivity contribution in [3.05, 3.63) is 34.9 Å². The van der Waals surface area contributed by atoms with Gasteiger partial charge in [-0.15, -0.1) is 0 Å². The summed E-state index contributed by atoms with van der Waals surface area (Å²) in [4.78, 5) is 0. The highest BCUT2D eigenvalue weighted by Gasteiger charge is 2.71. The van der Waals surface area contributed by atoms with Crippen molar-refractivity contribution in [1.29, 1.82) is 0 Å². The molecule has 2 nitrogen and oxygen atoms in total. The molecule has 144 valence electrons. The molecule has 0 aromatic heterocycles. The van der Waals surface area contributed by atoms with E-state index in [2.05, 4.69) is 0 Å². The number of alkyl halides is 9. The standard InChI is InChI=1S/C14H13F9O2/c1-3-7-4-8(10(2,24)12(15,16)17)6-9(5-7)11(25,13(18,19)20)14(21,22)23/h4-6,24-25H,3H2,1-2H3. The smallest absolute Gasteiger partial charge is 0.376 e. The van der Waals surface area contributed by atoms with Gasteiger partial charge in [0.05, 0.1) is 0 Å². The molecule has 0 aliphatic heterocycles. The Balaban J connectivity index is 3.81. The van der Waals surface area contributed by atoms with Gasteiger partial charge in [-0.1, -0.05) is 19.1 Å². The van der Waals surface area contributed by atoms with E-state index in [1.807, 2.05) is 0 Å². The molecule has 0 amide bonds. The molecule has 0 bridgehead atoms. The monoisotopic (exact) mass is 384 g/mol. The minimum Gasteiger partial charge on any atom is -0.376 e. The molecule has 1 atom stereocenters. The number of aryl methyl sites for hydroxylation is 1. The molecular formula is C14H13F9O2. The number of hydrogen-bond acceptors (Lipinski definition) is 2. The van der Waals surface area contributed by atoms with E-state index in [9.17, 15) is 49.7 Å². The Morgan fingerprint density at radius 1 is 0.720 bits per heavy atom. The zero-order chi connectivity index (χ0) is 20.1. The van der Waals surface area contributed by atoms with Crippen molar-refractivity contribution in [1.82, 2.24) is 0 Å². The molecule has 0 aliphatic carbocycles. The number of benzene rings is 1. The molecule has 0 radical (unpaired) electrons. The van der Waals surface area contributed by atoms with E-state index >= 15 is 0 Å². The molecule has 0 spiro atoms. The van der Waals surface area contributed by atoms with Crippen LogP contribution in [0.3, 0.4) is 0 Å². The molecule has 0 saturated heterocycles. The van der Waals surface area contributed by atoms with Gasteiger partial charge in [-0.3, -0.25) is 0 Å². The summed E-state index contributed by atoms with van der Waals surface area (Å²) in [7, 11) is 0. The van der Waals surface area contributed by atoms with Crippen LogP contribution in [-0.2, 0) is 17.6 Å². The Morgan fingerprint density at radius 3 is 1.44 bits per heavy atom. The second-order valence-corrected chi connectivity index (χ2v) is 5.55. The Labute approximate surface area is 135 Å². The molecule has 1 rings (SSSR count). The summed E-state index contributed by atoms with van der Waals surface area (Å²) in [6.45, 7) is 1.46. The Morgan fingerprint density at radius 2 is 1.12 bits per heavy atom. The van der Waals surface area contributed by atoms with E-state index in [4.69, 9.17) is 0 Å². The molecule has 0 saturated carbocycles. The topological polar surface area (TPSA) is 40.5 Å². The largest absolute Gasteiger partial charge is 0.430 e. The third-order valence-corrected chi connectivity index (χ3v) is 3.75. The van der Waals surface area contributed by atoms with Gasteiger partial charge >= 0.3 is 18.5 Å². The van der Waals surface area contributed by atoms with Crippen LogP contribution in [0.15, 0.2) is 18.2 Å². The van der Waals surface area contributed by atoms with E-state index in [0.29, 0.717) is 12.1 Å². The Kier molecular flexibility index (Phi) is 5.21. The van der Waals surface area contributed by atoms with Crippen LogP contribution in [0.2, 0.25) is 0 Å². The summed E-state index contributed by atoms with van der Waals surface area (Å²) in [6, 6.07) is 0.786. The number of hydrogen-bond donors (Lipinski definition) is 2. The summed E-state index contributed by atoms with van der Waals surface area (Å²) >= 11 is 0. The second-order valence-electron chi connectivity index (χ2n) is 5.55. The second kappa shape index (κ2) is 6.04. The first-order valence-corrected chi connectivity index (χ1v) is 6.69. The third kappa shape index (κ3) is 3.57. The number of aliphatic hydroxyl groups is 2. The summed E-state index contributed by atoms with van der Waals surface area (Å²) in [5, 5.41) is 18.9. The van der Waals surface area contributed by atoms with E-state index in [0.717, 1.165) is 0 Å². The van der Waals surface area contributed by atoms with E-state index in [1.54, 1.807) is 0 Å². The third-order valence-electron chi connectivity index (χ3n) is 3.75. The summed E-state index contributed by atoms with van der Waals surface area (Å²) < 4.78 is 116. The lowest BCUT2D eigenvalue weighted by Crippen LogP contribution is -2.54. The number of rotatable bonds is 3. The SMILES string of the molecule is CCc1cc(C(C)(O)C(F)(F)F)cc(C(O)(C(F)(F)F)C(F)(F)F)c1. The fourth-order valence-electron chi connectivity index (χ4n) is 2.04. The average Bonchev–Trinajstić information content (AvgIpc) is 2.42. The molecule has 1 aromatic carbocycles. The molecule has 11 heteroatoms. The highest BCUT2D eigenvalue weighted by Crippen LogP contribution is 2.51.